The Labute approximate surface area is 253 Å². The molecule has 2 aromatic rings. The average molecular weight is 617 g/mol. The van der Waals surface area contributed by atoms with Gasteiger partial charge in [0.2, 0.25) is 23.1 Å². The van der Waals surface area contributed by atoms with E-state index >= 15 is 0 Å². The zero-order valence-corrected chi connectivity index (χ0v) is 25.3. The van der Waals surface area contributed by atoms with Crippen molar-refractivity contribution in [2.45, 2.75) is 55.6 Å². The Morgan fingerprint density at radius 2 is 1.72 bits per heavy atom. The summed E-state index contributed by atoms with van der Waals surface area (Å²) < 4.78 is 56.2. The summed E-state index contributed by atoms with van der Waals surface area (Å²) in [5.74, 6) is 1.74. The Morgan fingerprint density at radius 1 is 1.00 bits per heavy atom. The maximum Gasteiger partial charge on any atom is 0.288 e. The van der Waals surface area contributed by atoms with E-state index in [1.165, 1.54) is 30.0 Å². The van der Waals surface area contributed by atoms with Crippen LogP contribution in [0.15, 0.2) is 59.2 Å². The fourth-order valence-electron chi connectivity index (χ4n) is 5.54. The predicted molar refractivity (Wildman–Crippen MR) is 157 cm³/mol. The first-order valence-corrected chi connectivity index (χ1v) is 16.3. The second kappa shape index (κ2) is 14.4. The minimum atomic E-state index is -3.90. The number of nitrogens with zero attached hydrogens (tertiary/aromatic N) is 2. The quantitative estimate of drug-likeness (QED) is 0.403. The minimum absolute atomic E-state index is 0.000898. The van der Waals surface area contributed by atoms with Gasteiger partial charge in [0.15, 0.2) is 17.3 Å². The number of sulfonamides is 1. The number of benzene rings is 2. The number of allylic oxidation sites excluding steroid dienone is 1. The van der Waals surface area contributed by atoms with Gasteiger partial charge < -0.3 is 33.7 Å². The summed E-state index contributed by atoms with van der Waals surface area (Å²) in [6.45, 7) is 1.07. The van der Waals surface area contributed by atoms with Crippen molar-refractivity contribution in [2.24, 2.45) is 0 Å². The zero-order chi connectivity index (χ0) is 30.2. The molecule has 43 heavy (non-hydrogen) atoms. The third-order valence-electron chi connectivity index (χ3n) is 7.93. The first-order chi connectivity index (χ1) is 20.9. The Morgan fingerprint density at radius 3 is 2.44 bits per heavy atom. The maximum atomic E-state index is 13.6. The Bertz CT molecular complexity index is 1370. The lowest BCUT2D eigenvalue weighted by molar-refractivity contribution is -0.153. The van der Waals surface area contributed by atoms with Gasteiger partial charge in [-0.2, -0.15) is 4.31 Å². The van der Waals surface area contributed by atoms with E-state index in [-0.39, 0.29) is 55.6 Å². The monoisotopic (exact) mass is 616 g/mol. The maximum absolute atomic E-state index is 13.6. The number of ether oxygens (including phenoxy) is 5. The number of likely N-dealkylation sites (tertiary alicyclic amines) is 1. The highest BCUT2D eigenvalue weighted by molar-refractivity contribution is 7.89. The first-order valence-electron chi connectivity index (χ1n) is 14.8. The van der Waals surface area contributed by atoms with Gasteiger partial charge in [-0.25, -0.2) is 8.42 Å². The van der Waals surface area contributed by atoms with Crippen molar-refractivity contribution >= 4 is 15.9 Å². The molecule has 0 bridgehead atoms. The second-order valence-corrected chi connectivity index (χ2v) is 12.7. The van der Waals surface area contributed by atoms with Gasteiger partial charge >= 0.3 is 0 Å². The second-order valence-electron chi connectivity index (χ2n) is 10.8. The standard InChI is InChI=1S/C31H40N2O9S/c1-38-25-8-10-26(11-9-25)43(36,37)33(15-17-34)16-18-39-30-21-24(23-7-12-27-28(19-23)41-22-40-27)20-29(42-30)31(35)32-13-5-3-2-4-6-14-32/h7-12,19-20,24,30,34H,2-6,13-18,21-22H2,1H3. The van der Waals surface area contributed by atoms with Crippen molar-refractivity contribution in [3.8, 4) is 17.2 Å². The minimum Gasteiger partial charge on any atom is -0.497 e. The van der Waals surface area contributed by atoms with Crippen LogP contribution in [0.3, 0.4) is 0 Å². The van der Waals surface area contributed by atoms with Crippen molar-refractivity contribution in [2.75, 3.05) is 53.3 Å². The fourth-order valence-corrected chi connectivity index (χ4v) is 6.95. The van der Waals surface area contributed by atoms with E-state index in [0.717, 1.165) is 31.2 Å². The molecular formula is C31H40N2O9S. The summed E-state index contributed by atoms with van der Waals surface area (Å²) >= 11 is 0. The number of hydrogen-bond acceptors (Lipinski definition) is 9. The highest BCUT2D eigenvalue weighted by Crippen LogP contribution is 2.38. The molecule has 1 fully saturated rings. The molecule has 3 heterocycles. The molecule has 3 aliphatic rings. The number of amides is 1. The summed E-state index contributed by atoms with van der Waals surface area (Å²) in [5, 5.41) is 9.60. The third-order valence-corrected chi connectivity index (χ3v) is 9.84. The van der Waals surface area contributed by atoms with Gasteiger partial charge in [-0.1, -0.05) is 25.3 Å². The third kappa shape index (κ3) is 7.61. The summed E-state index contributed by atoms with van der Waals surface area (Å²) in [6.07, 6.45) is 6.77. The Balaban J connectivity index is 1.30. The van der Waals surface area contributed by atoms with E-state index in [1.54, 1.807) is 12.1 Å². The number of hydrogen-bond donors (Lipinski definition) is 1. The van der Waals surface area contributed by atoms with E-state index in [4.69, 9.17) is 23.7 Å². The molecule has 2 atom stereocenters. The molecular weight excluding hydrogens is 576 g/mol. The first kappa shape index (κ1) is 31.1. The lowest BCUT2D eigenvalue weighted by Crippen LogP contribution is -2.39. The molecule has 3 aliphatic heterocycles. The Kier molecular flexibility index (Phi) is 10.4. The van der Waals surface area contributed by atoms with Gasteiger partial charge in [-0.3, -0.25) is 4.79 Å². The molecule has 12 heteroatoms. The van der Waals surface area contributed by atoms with Crippen LogP contribution in [0.25, 0.3) is 0 Å². The van der Waals surface area contributed by atoms with Crippen LogP contribution in [-0.4, -0.2) is 88.2 Å². The van der Waals surface area contributed by atoms with Crippen molar-refractivity contribution in [3.05, 3.63) is 59.9 Å². The normalized spacial score (nSPS) is 20.6. The lowest BCUT2D eigenvalue weighted by atomic mass is 9.92. The van der Waals surface area contributed by atoms with Crippen LogP contribution >= 0.6 is 0 Å². The van der Waals surface area contributed by atoms with Crippen molar-refractivity contribution < 1.29 is 42.0 Å². The van der Waals surface area contributed by atoms with Crippen LogP contribution in [0.2, 0.25) is 0 Å². The molecule has 0 saturated carbocycles. The molecule has 234 valence electrons. The molecule has 1 N–H and O–H groups in total. The van der Waals surface area contributed by atoms with E-state index in [9.17, 15) is 18.3 Å². The van der Waals surface area contributed by atoms with Crippen LogP contribution in [0.1, 0.15) is 50.0 Å². The molecule has 2 unspecified atom stereocenters. The van der Waals surface area contributed by atoms with Crippen LogP contribution in [0.5, 0.6) is 17.2 Å². The van der Waals surface area contributed by atoms with E-state index in [1.807, 2.05) is 29.2 Å². The van der Waals surface area contributed by atoms with Crippen LogP contribution in [0.4, 0.5) is 0 Å². The number of fused-ring (bicyclic) bond motifs is 1. The number of carbonyl (C=O) groups excluding carboxylic acids is 1. The molecule has 11 nitrogen and oxygen atoms in total. The number of rotatable bonds is 11. The van der Waals surface area contributed by atoms with Crippen LogP contribution in [0, 0.1) is 0 Å². The lowest BCUT2D eigenvalue weighted by Gasteiger charge is -2.33. The van der Waals surface area contributed by atoms with Gasteiger partial charge in [0.1, 0.15) is 5.75 Å². The van der Waals surface area contributed by atoms with Gasteiger partial charge in [0.05, 0.1) is 25.2 Å². The van der Waals surface area contributed by atoms with Gasteiger partial charge in [-0.15, -0.1) is 0 Å². The van der Waals surface area contributed by atoms with E-state index in [2.05, 4.69) is 0 Å². The highest BCUT2D eigenvalue weighted by atomic mass is 32.2. The smallest absolute Gasteiger partial charge is 0.288 e. The average Bonchev–Trinajstić information content (AvgIpc) is 3.48. The summed E-state index contributed by atoms with van der Waals surface area (Å²) in [6, 6.07) is 11.8. The van der Waals surface area contributed by atoms with Crippen LogP contribution in [-0.2, 0) is 24.3 Å². The summed E-state index contributed by atoms with van der Waals surface area (Å²) in [5.41, 5.74) is 0.933. The fraction of sp³-hybridized carbons (Fsp3) is 0.516. The topological polar surface area (TPSA) is 124 Å². The molecule has 2 aromatic carbocycles. The number of aliphatic hydroxyl groups excluding tert-OH is 1. The van der Waals surface area contributed by atoms with Crippen molar-refractivity contribution in [1.29, 1.82) is 0 Å². The van der Waals surface area contributed by atoms with Gasteiger partial charge in [0, 0.05) is 38.5 Å². The van der Waals surface area contributed by atoms with E-state index < -0.39 is 16.3 Å². The molecule has 1 saturated heterocycles. The van der Waals surface area contributed by atoms with Gasteiger partial charge in [0.25, 0.3) is 5.91 Å². The molecule has 0 aromatic heterocycles. The molecule has 0 aliphatic carbocycles. The van der Waals surface area contributed by atoms with Crippen LogP contribution < -0.4 is 14.2 Å². The molecule has 0 radical (unpaired) electrons. The number of methoxy groups -OCH3 is 1. The van der Waals surface area contributed by atoms with Crippen molar-refractivity contribution in [1.82, 2.24) is 9.21 Å². The number of carbonyl (C=O) groups is 1. The largest absolute Gasteiger partial charge is 0.497 e. The predicted octanol–water partition coefficient (Wildman–Crippen LogP) is 3.63. The molecule has 0 spiro atoms. The number of aliphatic hydroxyl groups is 1. The Hall–Kier alpha value is -3.32. The van der Waals surface area contributed by atoms with Crippen molar-refractivity contribution in [3.63, 3.8) is 0 Å². The summed E-state index contributed by atoms with van der Waals surface area (Å²) in [4.78, 5) is 15.6. The zero-order valence-electron chi connectivity index (χ0n) is 24.5. The van der Waals surface area contributed by atoms with E-state index in [0.29, 0.717) is 36.8 Å². The highest BCUT2D eigenvalue weighted by Gasteiger charge is 2.32. The molecule has 5 rings (SSSR count). The SMILES string of the molecule is COc1ccc(S(=O)(=O)N(CCO)CCOC2CC(c3ccc4c(c3)OCO4)C=C(C(=O)N3CCCCCCC3)O2)cc1. The molecule has 1 amide bonds. The van der Waals surface area contributed by atoms with Gasteiger partial charge in [-0.05, 0) is 60.9 Å². The summed E-state index contributed by atoms with van der Waals surface area (Å²) in [7, 11) is -2.39.